The molecule has 1 aromatic rings. The number of hydrogen-bond acceptors (Lipinski definition) is 4. The van der Waals surface area contributed by atoms with E-state index >= 15 is 0 Å². The van der Waals surface area contributed by atoms with Gasteiger partial charge in [0, 0.05) is 15.6 Å². The van der Waals surface area contributed by atoms with E-state index in [-0.39, 0.29) is 12.2 Å². The van der Waals surface area contributed by atoms with Gasteiger partial charge in [-0.3, -0.25) is 4.79 Å². The predicted molar refractivity (Wildman–Crippen MR) is 82.4 cm³/mol. The molecule has 1 atom stereocenters. The lowest BCUT2D eigenvalue weighted by Gasteiger charge is -2.25. The topological polar surface area (TPSA) is 52.6 Å². The van der Waals surface area contributed by atoms with Gasteiger partial charge < -0.3 is 9.47 Å². The molecular weight excluding hydrogens is 336 g/mol. The summed E-state index contributed by atoms with van der Waals surface area (Å²) in [5.41, 5.74) is -0.726. The van der Waals surface area contributed by atoms with Crippen molar-refractivity contribution in [2.45, 2.75) is 19.4 Å². The molecule has 5 heteroatoms. The van der Waals surface area contributed by atoms with Crippen molar-refractivity contribution < 1.29 is 19.1 Å². The largest absolute Gasteiger partial charge is 0.462 e. The molecule has 1 aromatic carbocycles. The zero-order chi connectivity index (χ0) is 15.6. The van der Waals surface area contributed by atoms with Crippen LogP contribution in [0.25, 0.3) is 5.76 Å². The molecule has 1 unspecified atom stereocenters. The van der Waals surface area contributed by atoms with Crippen molar-refractivity contribution in [1.82, 2.24) is 0 Å². The first-order valence-corrected chi connectivity index (χ1v) is 7.25. The first kappa shape index (κ1) is 15.5. The van der Waals surface area contributed by atoms with Gasteiger partial charge in [-0.25, -0.2) is 4.79 Å². The Bertz CT molecular complexity index is 630. The molecule has 0 fully saturated rings. The smallest absolute Gasteiger partial charge is 0.363 e. The van der Waals surface area contributed by atoms with Crippen LogP contribution in [-0.2, 0) is 19.1 Å². The van der Waals surface area contributed by atoms with Crippen LogP contribution in [0.15, 0.2) is 47.0 Å². The summed E-state index contributed by atoms with van der Waals surface area (Å²) in [6.45, 7) is 6.92. The fourth-order valence-corrected chi connectivity index (χ4v) is 2.39. The van der Waals surface area contributed by atoms with Gasteiger partial charge in [0.05, 0.1) is 6.61 Å². The minimum atomic E-state index is -1.77. The zero-order valence-corrected chi connectivity index (χ0v) is 13.4. The Kier molecular flexibility index (Phi) is 4.32. The van der Waals surface area contributed by atoms with Crippen molar-refractivity contribution in [3.63, 3.8) is 0 Å². The van der Waals surface area contributed by atoms with Gasteiger partial charge >= 0.3 is 5.97 Å². The number of hydrogen-bond donors (Lipinski definition) is 0. The SMILES string of the molecule is C=C1C=C(c2ccc(Br)cc2)OC1(C(C)=O)C(=O)OCC. The quantitative estimate of drug-likeness (QED) is 0.617. The highest BCUT2D eigenvalue weighted by Crippen LogP contribution is 2.39. The highest BCUT2D eigenvalue weighted by molar-refractivity contribution is 9.10. The van der Waals surface area contributed by atoms with Crippen molar-refractivity contribution in [3.8, 4) is 0 Å². The van der Waals surface area contributed by atoms with Crippen molar-refractivity contribution >= 4 is 33.4 Å². The number of benzene rings is 1. The number of esters is 1. The molecule has 0 saturated heterocycles. The van der Waals surface area contributed by atoms with Crippen LogP contribution in [0.4, 0.5) is 0 Å². The Hall–Kier alpha value is -1.88. The average Bonchev–Trinajstić information content (AvgIpc) is 2.78. The molecule has 1 aliphatic rings. The van der Waals surface area contributed by atoms with Crippen molar-refractivity contribution in [2.24, 2.45) is 0 Å². The van der Waals surface area contributed by atoms with E-state index < -0.39 is 17.4 Å². The molecule has 0 N–H and O–H groups in total. The number of ketones is 1. The van der Waals surface area contributed by atoms with Crippen LogP contribution in [0.2, 0.25) is 0 Å². The molecule has 2 rings (SSSR count). The fourth-order valence-electron chi connectivity index (χ4n) is 2.12. The molecule has 1 heterocycles. The van der Waals surface area contributed by atoms with Crippen molar-refractivity contribution in [2.75, 3.05) is 6.61 Å². The first-order chi connectivity index (χ1) is 9.91. The molecule has 110 valence electrons. The van der Waals surface area contributed by atoms with Crippen LogP contribution >= 0.6 is 15.9 Å². The Labute approximate surface area is 131 Å². The second-order valence-electron chi connectivity index (χ2n) is 4.60. The summed E-state index contributed by atoms with van der Waals surface area (Å²) in [5.74, 6) is -0.754. The summed E-state index contributed by atoms with van der Waals surface area (Å²) >= 11 is 3.35. The standard InChI is InChI=1S/C16H15BrO4/c1-4-20-15(19)16(11(3)18)10(2)9-14(21-16)12-5-7-13(17)8-6-12/h5-9H,2,4H2,1,3H3. The predicted octanol–water partition coefficient (Wildman–Crippen LogP) is 3.27. The summed E-state index contributed by atoms with van der Waals surface area (Å²) in [6, 6.07) is 7.34. The number of rotatable bonds is 4. The zero-order valence-electron chi connectivity index (χ0n) is 11.8. The lowest BCUT2D eigenvalue weighted by Crippen LogP contribution is -2.47. The van der Waals surface area contributed by atoms with Gasteiger partial charge in [-0.1, -0.05) is 34.6 Å². The van der Waals surface area contributed by atoms with Crippen LogP contribution in [0, 0.1) is 0 Å². The lowest BCUT2D eigenvalue weighted by molar-refractivity contribution is -0.163. The monoisotopic (exact) mass is 350 g/mol. The molecule has 0 radical (unpaired) electrons. The van der Waals surface area contributed by atoms with Crippen molar-refractivity contribution in [3.05, 3.63) is 52.5 Å². The molecule has 21 heavy (non-hydrogen) atoms. The van der Waals surface area contributed by atoms with Gasteiger partial charge in [0.1, 0.15) is 5.76 Å². The number of Topliss-reactive ketones (excluding diaryl/α,β-unsaturated/α-hetero) is 1. The number of halogens is 1. The molecule has 0 spiro atoms. The third-order valence-corrected chi connectivity index (χ3v) is 3.74. The molecular formula is C16H15BrO4. The Morgan fingerprint density at radius 2 is 1.95 bits per heavy atom. The van der Waals surface area contributed by atoms with E-state index in [1.54, 1.807) is 13.0 Å². The average molecular weight is 351 g/mol. The minimum absolute atomic E-state index is 0.165. The maximum Gasteiger partial charge on any atom is 0.363 e. The summed E-state index contributed by atoms with van der Waals surface area (Å²) in [5, 5.41) is 0. The molecule has 0 saturated carbocycles. The van der Waals surface area contributed by atoms with E-state index in [0.29, 0.717) is 5.76 Å². The molecule has 4 nitrogen and oxygen atoms in total. The van der Waals surface area contributed by atoms with Crippen molar-refractivity contribution in [1.29, 1.82) is 0 Å². The van der Waals surface area contributed by atoms with Crippen LogP contribution in [0.5, 0.6) is 0 Å². The van der Waals surface area contributed by atoms with Gasteiger partial charge in [-0.2, -0.15) is 0 Å². The Morgan fingerprint density at radius 3 is 2.48 bits per heavy atom. The van der Waals surface area contributed by atoms with Gasteiger partial charge in [-0.15, -0.1) is 0 Å². The van der Waals surface area contributed by atoms with E-state index in [2.05, 4.69) is 22.5 Å². The molecule has 0 amide bonds. The van der Waals surface area contributed by atoms with E-state index in [4.69, 9.17) is 9.47 Å². The normalized spacial score (nSPS) is 20.7. The number of carbonyl (C=O) groups excluding carboxylic acids is 2. The third-order valence-electron chi connectivity index (χ3n) is 3.21. The maximum atomic E-state index is 12.2. The fraction of sp³-hybridized carbons (Fsp3) is 0.250. The van der Waals surface area contributed by atoms with Gasteiger partial charge in [0.2, 0.25) is 0 Å². The Balaban J connectivity index is 2.38. The lowest BCUT2D eigenvalue weighted by atomic mass is 9.92. The van der Waals surface area contributed by atoms with Crippen LogP contribution in [0.3, 0.4) is 0 Å². The first-order valence-electron chi connectivity index (χ1n) is 6.46. The maximum absolute atomic E-state index is 12.2. The van der Waals surface area contributed by atoms with Gasteiger partial charge in [0.15, 0.2) is 5.78 Å². The summed E-state index contributed by atoms with van der Waals surface area (Å²) in [6.07, 6.45) is 1.60. The second kappa shape index (κ2) is 5.85. The summed E-state index contributed by atoms with van der Waals surface area (Å²) in [7, 11) is 0. The third kappa shape index (κ3) is 2.65. The highest BCUT2D eigenvalue weighted by Gasteiger charge is 2.53. The number of carbonyl (C=O) groups is 2. The van der Waals surface area contributed by atoms with Crippen LogP contribution in [-0.4, -0.2) is 24.0 Å². The molecule has 0 aliphatic carbocycles. The van der Waals surface area contributed by atoms with Gasteiger partial charge in [-0.05, 0) is 32.1 Å². The molecule has 0 bridgehead atoms. The summed E-state index contributed by atoms with van der Waals surface area (Å²) < 4.78 is 11.6. The molecule has 1 aliphatic heterocycles. The Morgan fingerprint density at radius 1 is 1.33 bits per heavy atom. The van der Waals surface area contributed by atoms with E-state index in [1.165, 1.54) is 6.92 Å². The molecule has 0 aromatic heterocycles. The number of ether oxygens (including phenoxy) is 2. The van der Waals surface area contributed by atoms with Crippen LogP contribution in [0.1, 0.15) is 19.4 Å². The van der Waals surface area contributed by atoms with E-state index in [0.717, 1.165) is 10.0 Å². The minimum Gasteiger partial charge on any atom is -0.462 e. The van der Waals surface area contributed by atoms with Crippen LogP contribution < -0.4 is 0 Å². The van der Waals surface area contributed by atoms with E-state index in [1.807, 2.05) is 24.3 Å². The summed E-state index contributed by atoms with van der Waals surface area (Å²) in [4.78, 5) is 24.2. The second-order valence-corrected chi connectivity index (χ2v) is 5.52. The van der Waals surface area contributed by atoms with Gasteiger partial charge in [0.25, 0.3) is 5.60 Å². The highest BCUT2D eigenvalue weighted by atomic mass is 79.9. The van der Waals surface area contributed by atoms with E-state index in [9.17, 15) is 9.59 Å².